The van der Waals surface area contributed by atoms with Gasteiger partial charge in [-0.15, -0.1) is 11.3 Å². The van der Waals surface area contributed by atoms with Crippen LogP contribution in [0.3, 0.4) is 0 Å². The van der Waals surface area contributed by atoms with Crippen LogP contribution in [0.5, 0.6) is 0 Å². The van der Waals surface area contributed by atoms with Crippen molar-refractivity contribution >= 4 is 22.7 Å². The first-order chi connectivity index (χ1) is 12.8. The summed E-state index contributed by atoms with van der Waals surface area (Å²) >= 11 is 1.53. The minimum absolute atomic E-state index is 0.758. The molecule has 0 atom stereocenters. The third kappa shape index (κ3) is 3.55. The van der Waals surface area contributed by atoms with Crippen LogP contribution in [0.15, 0.2) is 77.5 Å². The Kier molecular flexibility index (Phi) is 4.57. The van der Waals surface area contributed by atoms with E-state index in [1.165, 1.54) is 16.9 Å². The fourth-order valence-corrected chi connectivity index (χ4v) is 3.29. The highest BCUT2D eigenvalue weighted by atomic mass is 32.1. The van der Waals surface area contributed by atoms with Gasteiger partial charge in [-0.1, -0.05) is 42.0 Å². The maximum absolute atomic E-state index is 4.58. The van der Waals surface area contributed by atoms with Crippen molar-refractivity contribution in [1.29, 1.82) is 0 Å². The molecule has 0 aliphatic heterocycles. The zero-order valence-electron chi connectivity index (χ0n) is 14.2. The minimum Gasteiger partial charge on any atom is -0.253 e. The van der Waals surface area contributed by atoms with Crippen molar-refractivity contribution in [2.24, 2.45) is 5.10 Å². The summed E-state index contributed by atoms with van der Waals surface area (Å²) in [5.74, 6) is 0. The normalized spacial score (nSPS) is 11.1. The number of hydrogen-bond donors (Lipinski definition) is 1. The van der Waals surface area contributed by atoms with Crippen molar-refractivity contribution in [2.45, 2.75) is 6.92 Å². The molecule has 0 amide bonds. The zero-order chi connectivity index (χ0) is 17.8. The van der Waals surface area contributed by atoms with Crippen molar-refractivity contribution in [3.63, 3.8) is 0 Å². The summed E-state index contributed by atoms with van der Waals surface area (Å²) in [7, 11) is 0. The molecular weight excluding hydrogens is 342 g/mol. The van der Waals surface area contributed by atoms with Gasteiger partial charge in [-0.05, 0) is 25.1 Å². The molecule has 128 valence electrons. The molecule has 0 bridgehead atoms. The second kappa shape index (κ2) is 7.33. The Morgan fingerprint density at radius 2 is 2.00 bits per heavy atom. The molecule has 2 aromatic carbocycles. The first kappa shape index (κ1) is 16.2. The molecule has 0 aliphatic rings. The number of thiazole rings is 1. The standard InChI is InChI=1S/C20H17N5S/c1-15-8-9-19(25-11-5-10-22-25)17(12-15)13-21-24-20-23-18(14-26-20)16-6-3-2-4-7-16/h2-14H,1H3,(H,23,24). The van der Waals surface area contributed by atoms with Crippen LogP contribution in [0.4, 0.5) is 5.13 Å². The topological polar surface area (TPSA) is 55.1 Å². The zero-order valence-corrected chi connectivity index (χ0v) is 15.0. The Morgan fingerprint density at radius 3 is 2.81 bits per heavy atom. The molecule has 0 unspecified atom stereocenters. The lowest BCUT2D eigenvalue weighted by atomic mass is 10.1. The van der Waals surface area contributed by atoms with Gasteiger partial charge in [0.2, 0.25) is 5.13 Å². The van der Waals surface area contributed by atoms with Crippen LogP contribution in [-0.4, -0.2) is 21.0 Å². The summed E-state index contributed by atoms with van der Waals surface area (Å²) in [6.45, 7) is 2.06. The predicted molar refractivity (Wildman–Crippen MR) is 107 cm³/mol. The van der Waals surface area contributed by atoms with E-state index in [9.17, 15) is 0 Å². The lowest BCUT2D eigenvalue weighted by Gasteiger charge is -2.07. The quantitative estimate of drug-likeness (QED) is 0.413. The van der Waals surface area contributed by atoms with Crippen LogP contribution in [0.1, 0.15) is 11.1 Å². The number of benzene rings is 2. The van der Waals surface area contributed by atoms with Crippen LogP contribution < -0.4 is 5.43 Å². The summed E-state index contributed by atoms with van der Waals surface area (Å²) in [5.41, 5.74) is 8.20. The van der Waals surface area contributed by atoms with Gasteiger partial charge in [-0.2, -0.15) is 10.2 Å². The van der Waals surface area contributed by atoms with E-state index in [0.29, 0.717) is 0 Å². The highest BCUT2D eigenvalue weighted by Gasteiger charge is 2.05. The number of nitrogens with one attached hydrogen (secondary N) is 1. The van der Waals surface area contributed by atoms with Crippen LogP contribution in [0, 0.1) is 6.92 Å². The smallest absolute Gasteiger partial charge is 0.203 e. The number of hydrazone groups is 1. The minimum atomic E-state index is 0.758. The van der Waals surface area contributed by atoms with E-state index >= 15 is 0 Å². The van der Waals surface area contributed by atoms with Gasteiger partial charge in [-0.3, -0.25) is 5.43 Å². The molecule has 2 heterocycles. The number of nitrogens with zero attached hydrogens (tertiary/aromatic N) is 4. The molecule has 1 N–H and O–H groups in total. The molecule has 26 heavy (non-hydrogen) atoms. The number of aryl methyl sites for hydroxylation is 1. The maximum Gasteiger partial charge on any atom is 0.203 e. The average Bonchev–Trinajstić information content (AvgIpc) is 3.35. The third-order valence-electron chi connectivity index (χ3n) is 3.87. The van der Waals surface area contributed by atoms with E-state index in [1.54, 1.807) is 12.4 Å². The van der Waals surface area contributed by atoms with Crippen molar-refractivity contribution in [1.82, 2.24) is 14.8 Å². The van der Waals surface area contributed by atoms with Gasteiger partial charge in [0.25, 0.3) is 0 Å². The highest BCUT2D eigenvalue weighted by Crippen LogP contribution is 2.24. The van der Waals surface area contributed by atoms with E-state index in [0.717, 1.165) is 27.6 Å². The van der Waals surface area contributed by atoms with Crippen molar-refractivity contribution < 1.29 is 0 Å². The summed E-state index contributed by atoms with van der Waals surface area (Å²) in [6, 6.07) is 18.2. The Hall–Kier alpha value is -3.25. The molecule has 0 saturated carbocycles. The van der Waals surface area contributed by atoms with Crippen LogP contribution >= 0.6 is 11.3 Å². The summed E-state index contributed by atoms with van der Waals surface area (Å²) < 4.78 is 1.83. The van der Waals surface area contributed by atoms with E-state index in [1.807, 2.05) is 58.7 Å². The van der Waals surface area contributed by atoms with E-state index < -0.39 is 0 Å². The molecule has 5 nitrogen and oxygen atoms in total. The summed E-state index contributed by atoms with van der Waals surface area (Å²) in [5, 5.41) is 11.4. The largest absolute Gasteiger partial charge is 0.253 e. The Bertz CT molecular complexity index is 1020. The first-order valence-electron chi connectivity index (χ1n) is 8.20. The summed E-state index contributed by atoms with van der Waals surface area (Å²) in [4.78, 5) is 4.58. The summed E-state index contributed by atoms with van der Waals surface area (Å²) in [6.07, 6.45) is 5.48. The van der Waals surface area contributed by atoms with Crippen molar-refractivity contribution in [3.05, 3.63) is 83.5 Å². The molecule has 0 fully saturated rings. The predicted octanol–water partition coefficient (Wildman–Crippen LogP) is 4.75. The van der Waals surface area contributed by atoms with Gasteiger partial charge in [0.05, 0.1) is 17.6 Å². The second-order valence-electron chi connectivity index (χ2n) is 5.79. The van der Waals surface area contributed by atoms with Crippen LogP contribution in [0.25, 0.3) is 16.9 Å². The molecule has 0 aliphatic carbocycles. The molecular formula is C20H17N5S. The third-order valence-corrected chi connectivity index (χ3v) is 4.62. The average molecular weight is 359 g/mol. The van der Waals surface area contributed by atoms with Crippen LogP contribution in [-0.2, 0) is 0 Å². The highest BCUT2D eigenvalue weighted by molar-refractivity contribution is 7.14. The Morgan fingerprint density at radius 1 is 1.12 bits per heavy atom. The SMILES string of the molecule is Cc1ccc(-n2cccn2)c(C=NNc2nc(-c3ccccc3)cs2)c1. The molecule has 4 rings (SSSR count). The molecule has 0 spiro atoms. The monoisotopic (exact) mass is 359 g/mol. The number of aromatic nitrogens is 3. The Labute approximate surface area is 155 Å². The molecule has 2 aromatic heterocycles. The second-order valence-corrected chi connectivity index (χ2v) is 6.64. The van der Waals surface area contributed by atoms with Gasteiger partial charge in [-0.25, -0.2) is 9.67 Å². The van der Waals surface area contributed by atoms with E-state index in [-0.39, 0.29) is 0 Å². The fourth-order valence-electron chi connectivity index (χ4n) is 2.62. The lowest BCUT2D eigenvalue weighted by Crippen LogP contribution is -2.01. The number of rotatable bonds is 5. The van der Waals surface area contributed by atoms with Gasteiger partial charge in [0.15, 0.2) is 0 Å². The van der Waals surface area contributed by atoms with Crippen LogP contribution in [0.2, 0.25) is 0 Å². The molecule has 0 radical (unpaired) electrons. The van der Waals surface area contributed by atoms with Crippen molar-refractivity contribution in [3.8, 4) is 16.9 Å². The lowest BCUT2D eigenvalue weighted by molar-refractivity contribution is 0.878. The van der Waals surface area contributed by atoms with Gasteiger partial charge >= 0.3 is 0 Å². The number of hydrogen-bond acceptors (Lipinski definition) is 5. The Balaban J connectivity index is 1.53. The fraction of sp³-hybridized carbons (Fsp3) is 0.0500. The molecule has 4 aromatic rings. The maximum atomic E-state index is 4.58. The molecule has 0 saturated heterocycles. The molecule has 6 heteroatoms. The van der Waals surface area contributed by atoms with E-state index in [4.69, 9.17) is 0 Å². The van der Waals surface area contributed by atoms with Gasteiger partial charge in [0, 0.05) is 28.9 Å². The van der Waals surface area contributed by atoms with Gasteiger partial charge < -0.3 is 0 Å². The first-order valence-corrected chi connectivity index (χ1v) is 9.08. The van der Waals surface area contributed by atoms with E-state index in [2.05, 4.69) is 39.7 Å². The van der Waals surface area contributed by atoms with Gasteiger partial charge in [0.1, 0.15) is 0 Å². The van der Waals surface area contributed by atoms with Crippen molar-refractivity contribution in [2.75, 3.05) is 5.43 Å². The number of anilines is 1.